The van der Waals surface area contributed by atoms with E-state index < -0.39 is 0 Å². The van der Waals surface area contributed by atoms with E-state index in [4.69, 9.17) is 9.52 Å². The second kappa shape index (κ2) is 7.56. The topological polar surface area (TPSA) is 100 Å². The number of benzene rings is 1. The lowest BCUT2D eigenvalue weighted by molar-refractivity contribution is 0.243. The predicted molar refractivity (Wildman–Crippen MR) is 82.4 cm³/mol. The van der Waals surface area contributed by atoms with Crippen LogP contribution in [0.2, 0.25) is 0 Å². The van der Waals surface area contributed by atoms with Crippen LogP contribution in [0.5, 0.6) is 0 Å². The highest BCUT2D eigenvalue weighted by molar-refractivity contribution is 5.90. The number of nitrogens with zero attached hydrogens (tertiary/aromatic N) is 2. The second-order valence-corrected chi connectivity index (χ2v) is 5.23. The molecule has 7 nitrogen and oxygen atoms in total. The zero-order valence-electron chi connectivity index (χ0n) is 12.7. The molecule has 2 aromatic rings. The molecular weight excluding hydrogens is 284 g/mol. The molecule has 0 saturated heterocycles. The maximum Gasteiger partial charge on any atom is 0.319 e. The summed E-state index contributed by atoms with van der Waals surface area (Å²) in [6, 6.07) is 5.24. The molecule has 3 N–H and O–H groups in total. The van der Waals surface area contributed by atoms with E-state index >= 15 is 0 Å². The van der Waals surface area contributed by atoms with E-state index in [0.717, 1.165) is 11.1 Å². The lowest BCUT2D eigenvalue weighted by Gasteiger charge is -2.13. The first-order chi connectivity index (χ1) is 10.6. The number of anilines is 1. The standard InChI is InChI=1S/C15H20N4O3/c1-10(5-6-20)8-16-15(21)18-13-7-12(4-3-11(13)2)14-19-17-9-22-14/h3-4,7,9-10,20H,5-6,8H2,1-2H3,(H2,16,18,21). The fourth-order valence-electron chi connectivity index (χ4n) is 1.94. The number of carbonyl (C=O) groups is 1. The van der Waals surface area contributed by atoms with Gasteiger partial charge in [0.15, 0.2) is 0 Å². The van der Waals surface area contributed by atoms with Gasteiger partial charge in [-0.25, -0.2) is 4.79 Å². The minimum atomic E-state index is -0.282. The van der Waals surface area contributed by atoms with Gasteiger partial charge >= 0.3 is 6.03 Å². The van der Waals surface area contributed by atoms with Gasteiger partial charge in [-0.05, 0) is 37.0 Å². The quantitative estimate of drug-likeness (QED) is 0.759. The molecule has 0 aliphatic carbocycles. The molecule has 0 aliphatic rings. The van der Waals surface area contributed by atoms with Crippen molar-refractivity contribution < 1.29 is 14.3 Å². The molecule has 2 amide bonds. The Kier molecular flexibility index (Phi) is 5.48. The van der Waals surface area contributed by atoms with Crippen LogP contribution in [0.4, 0.5) is 10.5 Å². The molecule has 0 radical (unpaired) electrons. The van der Waals surface area contributed by atoms with E-state index in [1.807, 2.05) is 26.0 Å². The highest BCUT2D eigenvalue weighted by Crippen LogP contribution is 2.23. The first kappa shape index (κ1) is 16.0. The van der Waals surface area contributed by atoms with Gasteiger partial charge in [0.05, 0.1) is 0 Å². The van der Waals surface area contributed by atoms with Crippen molar-refractivity contribution in [1.82, 2.24) is 15.5 Å². The summed E-state index contributed by atoms with van der Waals surface area (Å²) in [5.74, 6) is 0.626. The van der Waals surface area contributed by atoms with Crippen molar-refractivity contribution in [1.29, 1.82) is 0 Å². The van der Waals surface area contributed by atoms with Gasteiger partial charge in [0.2, 0.25) is 12.3 Å². The normalized spacial score (nSPS) is 12.0. The lowest BCUT2D eigenvalue weighted by atomic mass is 10.1. The Labute approximate surface area is 128 Å². The maximum absolute atomic E-state index is 11.9. The van der Waals surface area contributed by atoms with Crippen LogP contribution in [0.3, 0.4) is 0 Å². The van der Waals surface area contributed by atoms with Gasteiger partial charge in [0, 0.05) is 24.4 Å². The van der Waals surface area contributed by atoms with Gasteiger partial charge in [0.25, 0.3) is 0 Å². The third kappa shape index (κ3) is 4.29. The molecule has 118 valence electrons. The summed E-state index contributed by atoms with van der Waals surface area (Å²) in [6.07, 6.45) is 1.92. The summed E-state index contributed by atoms with van der Waals surface area (Å²) >= 11 is 0. The van der Waals surface area contributed by atoms with Crippen LogP contribution in [-0.2, 0) is 0 Å². The smallest absolute Gasteiger partial charge is 0.319 e. The van der Waals surface area contributed by atoms with E-state index in [0.29, 0.717) is 24.5 Å². The van der Waals surface area contributed by atoms with E-state index in [2.05, 4.69) is 20.8 Å². The average Bonchev–Trinajstić information content (AvgIpc) is 3.02. The monoisotopic (exact) mass is 304 g/mol. The van der Waals surface area contributed by atoms with E-state index in [9.17, 15) is 4.79 Å². The second-order valence-electron chi connectivity index (χ2n) is 5.23. The van der Waals surface area contributed by atoms with Crippen molar-refractivity contribution in [3.8, 4) is 11.5 Å². The van der Waals surface area contributed by atoms with Crippen LogP contribution < -0.4 is 10.6 Å². The summed E-state index contributed by atoms with van der Waals surface area (Å²) in [5, 5.41) is 21.9. The van der Waals surface area contributed by atoms with Crippen LogP contribution in [0.25, 0.3) is 11.5 Å². The molecule has 0 aliphatic heterocycles. The molecular formula is C15H20N4O3. The molecule has 2 rings (SSSR count). The van der Waals surface area contributed by atoms with E-state index in [1.165, 1.54) is 6.39 Å². The molecule has 1 aromatic heterocycles. The Morgan fingerprint density at radius 2 is 2.27 bits per heavy atom. The Hall–Kier alpha value is -2.41. The summed E-state index contributed by atoms with van der Waals surface area (Å²) in [6.45, 7) is 4.50. The predicted octanol–water partition coefficient (Wildman–Crippen LogP) is 2.19. The fraction of sp³-hybridized carbons (Fsp3) is 0.400. The number of urea groups is 1. The van der Waals surface area contributed by atoms with Crippen LogP contribution in [-0.4, -0.2) is 34.5 Å². The zero-order chi connectivity index (χ0) is 15.9. The summed E-state index contributed by atoms with van der Waals surface area (Å²) in [5.41, 5.74) is 2.36. The third-order valence-electron chi connectivity index (χ3n) is 3.33. The number of rotatable bonds is 6. The number of aromatic nitrogens is 2. The minimum Gasteiger partial charge on any atom is -0.423 e. The maximum atomic E-state index is 11.9. The average molecular weight is 304 g/mol. The Balaban J connectivity index is 2.00. The van der Waals surface area contributed by atoms with Crippen LogP contribution in [0.1, 0.15) is 18.9 Å². The minimum absolute atomic E-state index is 0.121. The van der Waals surface area contributed by atoms with Crippen molar-refractivity contribution in [2.24, 2.45) is 5.92 Å². The molecule has 1 aromatic carbocycles. The van der Waals surface area contributed by atoms with Crippen molar-refractivity contribution >= 4 is 11.7 Å². The Morgan fingerprint density at radius 3 is 2.95 bits per heavy atom. The lowest BCUT2D eigenvalue weighted by Crippen LogP contribution is -2.32. The summed E-state index contributed by atoms with van der Waals surface area (Å²) < 4.78 is 5.15. The number of hydrogen-bond donors (Lipinski definition) is 3. The number of hydrogen-bond acceptors (Lipinski definition) is 5. The highest BCUT2D eigenvalue weighted by Gasteiger charge is 2.10. The number of amides is 2. The Morgan fingerprint density at radius 1 is 1.45 bits per heavy atom. The number of nitrogens with one attached hydrogen (secondary N) is 2. The van der Waals surface area contributed by atoms with Gasteiger partial charge in [-0.1, -0.05) is 13.0 Å². The van der Waals surface area contributed by atoms with E-state index in [1.54, 1.807) is 6.07 Å². The molecule has 7 heteroatoms. The molecule has 0 saturated carbocycles. The van der Waals surface area contributed by atoms with Crippen molar-refractivity contribution in [2.45, 2.75) is 20.3 Å². The molecule has 1 heterocycles. The third-order valence-corrected chi connectivity index (χ3v) is 3.33. The zero-order valence-corrected chi connectivity index (χ0v) is 12.7. The molecule has 0 bridgehead atoms. The largest absolute Gasteiger partial charge is 0.423 e. The van der Waals surface area contributed by atoms with Gasteiger partial charge in [-0.2, -0.15) is 0 Å². The summed E-state index contributed by atoms with van der Waals surface area (Å²) in [4.78, 5) is 11.9. The van der Waals surface area contributed by atoms with Gasteiger partial charge in [-0.15, -0.1) is 10.2 Å². The van der Waals surface area contributed by atoms with Crippen molar-refractivity contribution in [3.63, 3.8) is 0 Å². The number of aliphatic hydroxyl groups is 1. The molecule has 1 atom stereocenters. The van der Waals surface area contributed by atoms with Crippen LogP contribution in [0.15, 0.2) is 29.0 Å². The molecule has 1 unspecified atom stereocenters. The van der Waals surface area contributed by atoms with Crippen molar-refractivity contribution in [2.75, 3.05) is 18.5 Å². The van der Waals surface area contributed by atoms with Gasteiger partial charge in [-0.3, -0.25) is 0 Å². The summed E-state index contributed by atoms with van der Waals surface area (Å²) in [7, 11) is 0. The number of aryl methyl sites for hydroxylation is 1. The Bertz CT molecular complexity index is 613. The first-order valence-electron chi connectivity index (χ1n) is 7.13. The number of aliphatic hydroxyl groups excluding tert-OH is 1. The first-order valence-corrected chi connectivity index (χ1v) is 7.13. The molecule has 22 heavy (non-hydrogen) atoms. The van der Waals surface area contributed by atoms with Crippen LogP contribution in [0, 0.1) is 12.8 Å². The molecule has 0 spiro atoms. The van der Waals surface area contributed by atoms with Gasteiger partial charge in [0.1, 0.15) is 0 Å². The molecule has 0 fully saturated rings. The number of carbonyl (C=O) groups excluding carboxylic acids is 1. The fourth-order valence-corrected chi connectivity index (χ4v) is 1.94. The van der Waals surface area contributed by atoms with Crippen molar-refractivity contribution in [3.05, 3.63) is 30.2 Å². The van der Waals surface area contributed by atoms with E-state index in [-0.39, 0.29) is 18.6 Å². The SMILES string of the molecule is Cc1ccc(-c2nnco2)cc1NC(=O)NCC(C)CCO. The van der Waals surface area contributed by atoms with Gasteiger partial charge < -0.3 is 20.2 Å². The van der Waals surface area contributed by atoms with Crippen LogP contribution >= 0.6 is 0 Å². The highest BCUT2D eigenvalue weighted by atomic mass is 16.4.